The smallest absolute Gasteiger partial charge is 0.126 e. The van der Waals surface area contributed by atoms with Crippen molar-refractivity contribution in [3.05, 3.63) is 23.5 Å². The Labute approximate surface area is 105 Å². The number of likely N-dealkylation sites (N-methyl/N-ethyl adjacent to an activating group) is 1. The van der Waals surface area contributed by atoms with Gasteiger partial charge in [0.1, 0.15) is 11.2 Å². The molecule has 3 rings (SSSR count). The highest BCUT2D eigenvalue weighted by Gasteiger charge is 2.31. The van der Waals surface area contributed by atoms with Gasteiger partial charge in [0.25, 0.3) is 0 Å². The van der Waals surface area contributed by atoms with Crippen LogP contribution in [0, 0.1) is 5.92 Å². The minimum Gasteiger partial charge on any atom is -0.314 e. The maximum absolute atomic E-state index is 4.47. The van der Waals surface area contributed by atoms with Crippen LogP contribution in [-0.4, -0.2) is 22.6 Å². The minimum absolute atomic E-state index is 0.595. The van der Waals surface area contributed by atoms with Gasteiger partial charge in [-0.25, -0.2) is 9.97 Å². The van der Waals surface area contributed by atoms with E-state index in [2.05, 4.69) is 33.7 Å². The highest BCUT2D eigenvalue weighted by molar-refractivity contribution is 7.16. The van der Waals surface area contributed by atoms with E-state index in [0.29, 0.717) is 6.04 Å². The van der Waals surface area contributed by atoms with Crippen LogP contribution in [0.15, 0.2) is 17.8 Å². The highest BCUT2D eigenvalue weighted by Crippen LogP contribution is 2.34. The van der Waals surface area contributed by atoms with Crippen molar-refractivity contribution < 1.29 is 0 Å². The van der Waals surface area contributed by atoms with E-state index < -0.39 is 0 Å². The Morgan fingerprint density at radius 2 is 2.35 bits per heavy atom. The topological polar surface area (TPSA) is 37.8 Å². The summed E-state index contributed by atoms with van der Waals surface area (Å²) in [5.41, 5.74) is 1.20. The van der Waals surface area contributed by atoms with Gasteiger partial charge in [0, 0.05) is 17.8 Å². The van der Waals surface area contributed by atoms with Gasteiger partial charge in [-0.1, -0.05) is 6.92 Å². The molecule has 0 saturated heterocycles. The van der Waals surface area contributed by atoms with Crippen LogP contribution < -0.4 is 5.32 Å². The lowest BCUT2D eigenvalue weighted by Crippen LogP contribution is -2.33. The number of thiophene rings is 1. The van der Waals surface area contributed by atoms with Crippen molar-refractivity contribution in [2.45, 2.75) is 32.2 Å². The SMILES string of the molecule is CCNC(Cc1ncnc2sccc12)C1CC1. The molecular weight excluding hydrogens is 230 g/mol. The van der Waals surface area contributed by atoms with E-state index in [1.807, 2.05) is 0 Å². The fourth-order valence-electron chi connectivity index (χ4n) is 2.38. The zero-order valence-electron chi connectivity index (χ0n) is 10.0. The van der Waals surface area contributed by atoms with Crippen LogP contribution in [0.25, 0.3) is 10.2 Å². The van der Waals surface area contributed by atoms with E-state index in [-0.39, 0.29) is 0 Å². The van der Waals surface area contributed by atoms with Crippen molar-refractivity contribution in [2.75, 3.05) is 6.54 Å². The summed E-state index contributed by atoms with van der Waals surface area (Å²) in [7, 11) is 0. The van der Waals surface area contributed by atoms with Gasteiger partial charge in [-0.3, -0.25) is 0 Å². The number of aromatic nitrogens is 2. The normalized spacial score (nSPS) is 17.5. The summed E-state index contributed by atoms with van der Waals surface area (Å²) in [5, 5.41) is 6.93. The lowest BCUT2D eigenvalue weighted by atomic mass is 10.0. The third-order valence-corrected chi connectivity index (χ3v) is 4.24. The second-order valence-electron chi connectivity index (χ2n) is 4.67. The fourth-order valence-corrected chi connectivity index (χ4v) is 3.13. The molecule has 1 fully saturated rings. The van der Waals surface area contributed by atoms with Gasteiger partial charge >= 0.3 is 0 Å². The Bertz CT molecular complexity index is 504. The minimum atomic E-state index is 0.595. The van der Waals surface area contributed by atoms with Crippen molar-refractivity contribution in [1.82, 2.24) is 15.3 Å². The van der Waals surface area contributed by atoms with E-state index in [9.17, 15) is 0 Å². The summed E-state index contributed by atoms with van der Waals surface area (Å²) < 4.78 is 0. The number of nitrogens with zero attached hydrogens (tertiary/aromatic N) is 2. The zero-order chi connectivity index (χ0) is 11.7. The molecule has 0 bridgehead atoms. The summed E-state index contributed by atoms with van der Waals surface area (Å²) >= 11 is 1.69. The average molecular weight is 247 g/mol. The van der Waals surface area contributed by atoms with E-state index in [4.69, 9.17) is 0 Å². The lowest BCUT2D eigenvalue weighted by Gasteiger charge is -2.16. The Kier molecular flexibility index (Phi) is 3.07. The molecule has 3 nitrogen and oxygen atoms in total. The Hall–Kier alpha value is -1.00. The standard InChI is InChI=1S/C13H17N3S/c1-2-14-11(9-3-4-9)7-12-10-5-6-17-13(10)16-8-15-12/h5-6,8-9,11,14H,2-4,7H2,1H3. The molecule has 4 heteroatoms. The number of rotatable bonds is 5. The molecule has 17 heavy (non-hydrogen) atoms. The third kappa shape index (κ3) is 2.33. The quantitative estimate of drug-likeness (QED) is 0.882. The van der Waals surface area contributed by atoms with E-state index in [1.54, 1.807) is 17.7 Å². The molecule has 1 unspecified atom stereocenters. The first-order valence-corrected chi connectivity index (χ1v) is 7.17. The van der Waals surface area contributed by atoms with Crippen molar-refractivity contribution >= 4 is 21.6 Å². The second kappa shape index (κ2) is 4.70. The van der Waals surface area contributed by atoms with E-state index in [1.165, 1.54) is 23.9 Å². The first kappa shape index (κ1) is 11.1. The summed E-state index contributed by atoms with van der Waals surface area (Å²) in [4.78, 5) is 9.88. The molecule has 0 aromatic carbocycles. The van der Waals surface area contributed by atoms with Gasteiger partial charge in [0.15, 0.2) is 0 Å². The molecule has 2 aromatic rings. The Morgan fingerprint density at radius 1 is 1.47 bits per heavy atom. The Morgan fingerprint density at radius 3 is 3.12 bits per heavy atom. The number of hydrogen-bond donors (Lipinski definition) is 1. The monoisotopic (exact) mass is 247 g/mol. The first-order chi connectivity index (χ1) is 8.38. The van der Waals surface area contributed by atoms with Crippen LogP contribution in [0.2, 0.25) is 0 Å². The summed E-state index contributed by atoms with van der Waals surface area (Å²) in [6, 6.07) is 2.74. The van der Waals surface area contributed by atoms with Gasteiger partial charge in [-0.2, -0.15) is 0 Å². The van der Waals surface area contributed by atoms with Crippen molar-refractivity contribution in [2.24, 2.45) is 5.92 Å². The van der Waals surface area contributed by atoms with Crippen LogP contribution >= 0.6 is 11.3 Å². The molecule has 1 aliphatic rings. The zero-order valence-corrected chi connectivity index (χ0v) is 10.8. The summed E-state index contributed by atoms with van der Waals surface area (Å²) in [6.07, 6.45) is 5.48. The first-order valence-electron chi connectivity index (χ1n) is 6.29. The maximum atomic E-state index is 4.47. The second-order valence-corrected chi connectivity index (χ2v) is 5.56. The van der Waals surface area contributed by atoms with E-state index >= 15 is 0 Å². The molecule has 1 saturated carbocycles. The lowest BCUT2D eigenvalue weighted by molar-refractivity contribution is 0.469. The van der Waals surface area contributed by atoms with Crippen LogP contribution in [0.4, 0.5) is 0 Å². The van der Waals surface area contributed by atoms with Crippen LogP contribution in [0.5, 0.6) is 0 Å². The van der Waals surface area contributed by atoms with Crippen molar-refractivity contribution in [3.8, 4) is 0 Å². The molecule has 0 amide bonds. The predicted octanol–water partition coefficient (Wildman–Crippen LogP) is 2.62. The molecule has 1 aliphatic carbocycles. The van der Waals surface area contributed by atoms with Gasteiger partial charge in [-0.05, 0) is 36.8 Å². The predicted molar refractivity (Wildman–Crippen MR) is 71.3 cm³/mol. The number of fused-ring (bicyclic) bond motifs is 1. The van der Waals surface area contributed by atoms with Crippen molar-refractivity contribution in [3.63, 3.8) is 0 Å². The summed E-state index contributed by atoms with van der Waals surface area (Å²) in [5.74, 6) is 0.860. The molecule has 1 atom stereocenters. The van der Waals surface area contributed by atoms with Gasteiger partial charge < -0.3 is 5.32 Å². The highest BCUT2D eigenvalue weighted by atomic mass is 32.1. The number of hydrogen-bond acceptors (Lipinski definition) is 4. The van der Waals surface area contributed by atoms with Crippen LogP contribution in [-0.2, 0) is 6.42 Å². The molecule has 0 aliphatic heterocycles. The van der Waals surface area contributed by atoms with Crippen LogP contribution in [0.1, 0.15) is 25.5 Å². The average Bonchev–Trinajstić information content (AvgIpc) is 3.07. The molecule has 2 heterocycles. The molecule has 0 radical (unpaired) electrons. The van der Waals surface area contributed by atoms with Crippen molar-refractivity contribution in [1.29, 1.82) is 0 Å². The maximum Gasteiger partial charge on any atom is 0.126 e. The van der Waals surface area contributed by atoms with Crippen LogP contribution in [0.3, 0.4) is 0 Å². The molecular formula is C13H17N3S. The third-order valence-electron chi connectivity index (χ3n) is 3.41. The molecule has 1 N–H and O–H groups in total. The summed E-state index contributed by atoms with van der Waals surface area (Å²) in [6.45, 7) is 3.22. The van der Waals surface area contributed by atoms with Gasteiger partial charge in [-0.15, -0.1) is 11.3 Å². The van der Waals surface area contributed by atoms with Gasteiger partial charge in [0.2, 0.25) is 0 Å². The molecule has 90 valence electrons. The fraction of sp³-hybridized carbons (Fsp3) is 0.538. The molecule has 2 aromatic heterocycles. The largest absolute Gasteiger partial charge is 0.314 e. The number of nitrogens with one attached hydrogen (secondary N) is 1. The Balaban J connectivity index is 1.85. The van der Waals surface area contributed by atoms with Gasteiger partial charge in [0.05, 0.1) is 5.69 Å². The van der Waals surface area contributed by atoms with E-state index in [0.717, 1.165) is 23.7 Å². The molecule has 0 spiro atoms.